The Labute approximate surface area is 139 Å². The first-order valence-corrected chi connectivity index (χ1v) is 8.78. The van der Waals surface area contributed by atoms with E-state index in [0.717, 1.165) is 4.31 Å². The predicted octanol–water partition coefficient (Wildman–Crippen LogP) is 2.02. The SMILES string of the molecule is C=CC(c1ccc(Cl)cc1)S(=O)(=O)N1CCC(=O)CC1C(=O)O. The summed E-state index contributed by atoms with van der Waals surface area (Å²) in [6.07, 6.45) is 0.931. The standard InChI is InChI=1S/C15H16ClNO5S/c1-2-14(10-3-5-11(16)6-4-10)23(21,22)17-8-7-12(18)9-13(17)15(19)20/h2-6,13-14H,1,7-9H2,(H,19,20). The van der Waals surface area contributed by atoms with Crippen LogP contribution in [0.5, 0.6) is 0 Å². The third kappa shape index (κ3) is 3.63. The molecule has 1 fully saturated rings. The highest BCUT2D eigenvalue weighted by Crippen LogP contribution is 2.31. The number of carboxylic acids is 1. The van der Waals surface area contributed by atoms with Gasteiger partial charge < -0.3 is 5.11 Å². The Morgan fingerprint density at radius 2 is 2.00 bits per heavy atom. The minimum absolute atomic E-state index is 0.00743. The van der Waals surface area contributed by atoms with Gasteiger partial charge in [0.2, 0.25) is 10.0 Å². The molecule has 2 unspecified atom stereocenters. The van der Waals surface area contributed by atoms with Crippen LogP contribution < -0.4 is 0 Å². The number of aliphatic carboxylic acids is 1. The molecule has 1 saturated heterocycles. The summed E-state index contributed by atoms with van der Waals surface area (Å²) in [5.74, 6) is -1.59. The molecule has 2 rings (SSSR count). The highest BCUT2D eigenvalue weighted by atomic mass is 35.5. The third-order valence-corrected chi connectivity index (χ3v) is 6.17. The van der Waals surface area contributed by atoms with Gasteiger partial charge in [-0.25, -0.2) is 8.42 Å². The Balaban J connectivity index is 2.41. The lowest BCUT2D eigenvalue weighted by Gasteiger charge is -2.33. The van der Waals surface area contributed by atoms with Crippen LogP contribution in [-0.2, 0) is 19.6 Å². The van der Waals surface area contributed by atoms with E-state index in [2.05, 4.69) is 6.58 Å². The lowest BCUT2D eigenvalue weighted by Crippen LogP contribution is -2.51. The molecule has 2 atom stereocenters. The van der Waals surface area contributed by atoms with E-state index in [4.69, 9.17) is 11.6 Å². The Hall–Kier alpha value is -1.70. The molecule has 124 valence electrons. The number of sulfonamides is 1. The fourth-order valence-corrected chi connectivity index (χ4v) is 4.58. The summed E-state index contributed by atoms with van der Waals surface area (Å²) in [7, 11) is -4.02. The fraction of sp³-hybridized carbons (Fsp3) is 0.333. The molecule has 0 spiro atoms. The number of hydrogen-bond acceptors (Lipinski definition) is 4. The first-order chi connectivity index (χ1) is 10.8. The number of hydrogen-bond donors (Lipinski definition) is 1. The van der Waals surface area contributed by atoms with E-state index in [1.807, 2.05) is 0 Å². The van der Waals surface area contributed by atoms with Gasteiger partial charge in [0, 0.05) is 24.4 Å². The molecule has 0 aliphatic carbocycles. The zero-order chi connectivity index (χ0) is 17.2. The summed E-state index contributed by atoms with van der Waals surface area (Å²) in [6, 6.07) is 4.83. The number of rotatable bonds is 5. The lowest BCUT2D eigenvalue weighted by atomic mass is 10.0. The predicted molar refractivity (Wildman–Crippen MR) is 85.7 cm³/mol. The number of halogens is 1. The van der Waals surface area contributed by atoms with Gasteiger partial charge >= 0.3 is 5.97 Å². The van der Waals surface area contributed by atoms with E-state index in [1.165, 1.54) is 6.08 Å². The van der Waals surface area contributed by atoms with Gasteiger partial charge in [-0.15, -0.1) is 6.58 Å². The van der Waals surface area contributed by atoms with Gasteiger partial charge in [0.1, 0.15) is 17.1 Å². The first kappa shape index (κ1) is 17.7. The molecule has 0 bridgehead atoms. The number of ketones is 1. The van der Waals surface area contributed by atoms with Crippen LogP contribution in [0.4, 0.5) is 0 Å². The quantitative estimate of drug-likeness (QED) is 0.814. The minimum atomic E-state index is -4.02. The summed E-state index contributed by atoms with van der Waals surface area (Å²) in [6.45, 7) is 3.41. The van der Waals surface area contributed by atoms with Crippen LogP contribution in [0, 0.1) is 0 Å². The molecule has 1 aromatic rings. The van der Waals surface area contributed by atoms with Crippen molar-refractivity contribution in [2.75, 3.05) is 6.54 Å². The number of carbonyl (C=O) groups excluding carboxylic acids is 1. The van der Waals surface area contributed by atoms with E-state index in [-0.39, 0.29) is 25.2 Å². The minimum Gasteiger partial charge on any atom is -0.480 e. The molecule has 0 amide bonds. The van der Waals surface area contributed by atoms with Gasteiger partial charge in [-0.2, -0.15) is 4.31 Å². The molecule has 1 aromatic carbocycles. The molecule has 23 heavy (non-hydrogen) atoms. The van der Waals surface area contributed by atoms with Crippen molar-refractivity contribution in [1.29, 1.82) is 0 Å². The van der Waals surface area contributed by atoms with E-state index >= 15 is 0 Å². The van der Waals surface area contributed by atoms with Crippen LogP contribution in [0.3, 0.4) is 0 Å². The molecule has 0 aromatic heterocycles. The lowest BCUT2D eigenvalue weighted by molar-refractivity contribution is -0.145. The molecule has 8 heteroatoms. The largest absolute Gasteiger partial charge is 0.480 e. The molecule has 1 heterocycles. The maximum absolute atomic E-state index is 12.9. The van der Waals surface area contributed by atoms with Crippen molar-refractivity contribution < 1.29 is 23.1 Å². The number of nitrogens with zero attached hydrogens (tertiary/aromatic N) is 1. The second-order valence-corrected chi connectivity index (χ2v) is 7.65. The summed E-state index contributed by atoms with van der Waals surface area (Å²) in [5.41, 5.74) is 0.436. The van der Waals surface area contributed by atoms with Crippen molar-refractivity contribution in [3.63, 3.8) is 0 Å². The van der Waals surface area contributed by atoms with Crippen molar-refractivity contribution in [2.45, 2.75) is 24.1 Å². The van der Waals surface area contributed by atoms with Crippen LogP contribution in [-0.4, -0.2) is 42.2 Å². The van der Waals surface area contributed by atoms with E-state index < -0.39 is 27.3 Å². The van der Waals surface area contributed by atoms with Crippen LogP contribution in [0.25, 0.3) is 0 Å². The second-order valence-electron chi connectivity index (χ2n) is 5.21. The van der Waals surface area contributed by atoms with Gasteiger partial charge in [-0.1, -0.05) is 29.8 Å². The highest BCUT2D eigenvalue weighted by Gasteiger charge is 2.42. The van der Waals surface area contributed by atoms with Gasteiger partial charge in [0.05, 0.1) is 0 Å². The third-order valence-electron chi connectivity index (χ3n) is 3.73. The second kappa shape index (κ2) is 6.82. The molecular weight excluding hydrogens is 342 g/mol. The normalized spacial score (nSPS) is 20.9. The molecule has 6 nitrogen and oxygen atoms in total. The highest BCUT2D eigenvalue weighted by molar-refractivity contribution is 7.89. The first-order valence-electron chi connectivity index (χ1n) is 6.90. The molecule has 1 N–H and O–H groups in total. The number of carbonyl (C=O) groups is 2. The average molecular weight is 358 g/mol. The number of piperidine rings is 1. The van der Waals surface area contributed by atoms with Crippen LogP contribution in [0.15, 0.2) is 36.9 Å². The van der Waals surface area contributed by atoms with Crippen molar-refractivity contribution in [3.8, 4) is 0 Å². The van der Waals surface area contributed by atoms with Crippen molar-refractivity contribution >= 4 is 33.4 Å². The molecule has 0 radical (unpaired) electrons. The van der Waals surface area contributed by atoms with Gasteiger partial charge in [-0.3, -0.25) is 9.59 Å². The Morgan fingerprint density at radius 3 is 2.52 bits per heavy atom. The van der Waals surface area contributed by atoms with Crippen molar-refractivity contribution in [2.24, 2.45) is 0 Å². The summed E-state index contributed by atoms with van der Waals surface area (Å²) < 4.78 is 26.6. The van der Waals surface area contributed by atoms with Gasteiger partial charge in [0.15, 0.2) is 0 Å². The number of benzene rings is 1. The Bertz CT molecular complexity index is 729. The van der Waals surface area contributed by atoms with Gasteiger partial charge in [0.25, 0.3) is 0 Å². The van der Waals surface area contributed by atoms with E-state index in [9.17, 15) is 23.1 Å². The van der Waals surface area contributed by atoms with Crippen LogP contribution in [0.1, 0.15) is 23.7 Å². The average Bonchev–Trinajstić information content (AvgIpc) is 2.49. The molecule has 1 aliphatic rings. The zero-order valence-electron chi connectivity index (χ0n) is 12.2. The maximum atomic E-state index is 12.9. The summed E-state index contributed by atoms with van der Waals surface area (Å²) in [4.78, 5) is 22.8. The monoisotopic (exact) mass is 357 g/mol. The number of Topliss-reactive ketones (excluding diaryl/α,β-unsaturated/α-hetero) is 1. The smallest absolute Gasteiger partial charge is 0.322 e. The maximum Gasteiger partial charge on any atom is 0.322 e. The van der Waals surface area contributed by atoms with Gasteiger partial charge in [-0.05, 0) is 17.7 Å². The molecular formula is C15H16ClNO5S. The van der Waals surface area contributed by atoms with Crippen LogP contribution in [0.2, 0.25) is 5.02 Å². The Kier molecular flexibility index (Phi) is 5.23. The Morgan fingerprint density at radius 1 is 1.39 bits per heavy atom. The van der Waals surface area contributed by atoms with E-state index in [1.54, 1.807) is 24.3 Å². The van der Waals surface area contributed by atoms with E-state index in [0.29, 0.717) is 10.6 Å². The fourth-order valence-electron chi connectivity index (χ4n) is 2.55. The number of carboxylic acid groups (broad SMARTS) is 1. The molecule has 0 saturated carbocycles. The van der Waals surface area contributed by atoms with Crippen LogP contribution >= 0.6 is 11.6 Å². The topological polar surface area (TPSA) is 91.8 Å². The van der Waals surface area contributed by atoms with Crippen molar-refractivity contribution in [3.05, 3.63) is 47.5 Å². The zero-order valence-corrected chi connectivity index (χ0v) is 13.8. The van der Waals surface area contributed by atoms with Crippen molar-refractivity contribution in [1.82, 2.24) is 4.31 Å². The molecule has 1 aliphatic heterocycles. The summed E-state index contributed by atoms with van der Waals surface area (Å²) >= 11 is 5.80. The summed E-state index contributed by atoms with van der Waals surface area (Å²) in [5, 5.41) is 8.61.